The van der Waals surface area contributed by atoms with E-state index in [0.717, 1.165) is 0 Å². The Morgan fingerprint density at radius 2 is 1.69 bits per heavy atom. The first kappa shape index (κ1) is 22.1. The second-order valence-electron chi connectivity index (χ2n) is 6.87. The van der Waals surface area contributed by atoms with E-state index >= 15 is 0 Å². The molecule has 0 bridgehead atoms. The van der Waals surface area contributed by atoms with Gasteiger partial charge in [-0.3, -0.25) is 4.79 Å². The average molecular weight is 487 g/mol. The summed E-state index contributed by atoms with van der Waals surface area (Å²) in [6, 6.07) is 19.7. The van der Waals surface area contributed by atoms with Crippen molar-refractivity contribution in [3.8, 4) is 11.4 Å². The van der Waals surface area contributed by atoms with Crippen LogP contribution < -0.4 is 4.18 Å². The van der Waals surface area contributed by atoms with Crippen LogP contribution in [0.15, 0.2) is 85.2 Å². The highest BCUT2D eigenvalue weighted by Gasteiger charge is 2.21. The molecule has 3 aromatic carbocycles. The van der Waals surface area contributed by atoms with E-state index in [1.165, 1.54) is 29.2 Å². The van der Waals surface area contributed by atoms with Gasteiger partial charge in [-0.05, 0) is 35.9 Å². The summed E-state index contributed by atoms with van der Waals surface area (Å²) in [5.41, 5.74) is 1.42. The summed E-state index contributed by atoms with van der Waals surface area (Å²) in [7, 11) is -3.98. The predicted octanol–water partition coefficient (Wildman–Crippen LogP) is 5.32. The number of carbonyl (C=O) groups excluding carboxylic acids is 1. The Kier molecular flexibility index (Phi) is 6.32. The molecule has 1 heterocycles. The molecule has 4 aromatic rings. The van der Waals surface area contributed by atoms with Gasteiger partial charge in [0.15, 0.2) is 11.5 Å². The van der Waals surface area contributed by atoms with Crippen molar-refractivity contribution in [2.24, 2.45) is 0 Å². The normalized spacial score (nSPS) is 11.3. The van der Waals surface area contributed by atoms with Crippen molar-refractivity contribution in [3.05, 3.63) is 112 Å². The molecule has 0 aliphatic heterocycles. The van der Waals surface area contributed by atoms with Crippen LogP contribution in [-0.4, -0.2) is 24.0 Å². The van der Waals surface area contributed by atoms with Crippen LogP contribution in [-0.2, 0) is 15.9 Å². The van der Waals surface area contributed by atoms with Crippen molar-refractivity contribution in [1.29, 1.82) is 0 Å². The molecule has 0 radical (unpaired) electrons. The maximum absolute atomic E-state index is 13.1. The van der Waals surface area contributed by atoms with Crippen LogP contribution >= 0.6 is 23.2 Å². The van der Waals surface area contributed by atoms with E-state index in [2.05, 4.69) is 5.10 Å². The molecule has 0 atom stereocenters. The lowest BCUT2D eigenvalue weighted by Crippen LogP contribution is -2.14. The number of nitrogens with zero attached hydrogens (tertiary/aromatic N) is 2. The summed E-state index contributed by atoms with van der Waals surface area (Å²) < 4.78 is 31.8. The van der Waals surface area contributed by atoms with Crippen LogP contribution in [0.2, 0.25) is 10.0 Å². The Balaban J connectivity index is 1.61. The number of carbonyl (C=O) groups is 1. The van der Waals surface area contributed by atoms with Crippen molar-refractivity contribution in [2.75, 3.05) is 0 Å². The Labute approximate surface area is 195 Å². The van der Waals surface area contributed by atoms with Crippen LogP contribution in [0, 0.1) is 0 Å². The molecule has 6 nitrogen and oxygen atoms in total. The van der Waals surface area contributed by atoms with Crippen LogP contribution in [0.25, 0.3) is 5.69 Å². The van der Waals surface area contributed by atoms with E-state index in [9.17, 15) is 13.2 Å². The zero-order valence-corrected chi connectivity index (χ0v) is 18.8. The van der Waals surface area contributed by atoms with Gasteiger partial charge < -0.3 is 4.18 Å². The first-order valence-corrected chi connectivity index (χ1v) is 11.8. The van der Waals surface area contributed by atoms with E-state index in [1.807, 2.05) is 0 Å². The molecule has 4 rings (SSSR count). The smallest absolute Gasteiger partial charge is 0.313 e. The van der Waals surface area contributed by atoms with Gasteiger partial charge in [-0.15, -0.1) is 0 Å². The van der Waals surface area contributed by atoms with Crippen LogP contribution in [0.5, 0.6) is 5.75 Å². The standard InChI is InChI=1S/C23H16Cl2N2O4S/c24-18-10-11-20(25)21(12-18)27-14-17(13-26-27)23(28)19-8-4-5-9-22(19)31-32(29,30)15-16-6-2-1-3-7-16/h1-14H,15H2. The molecule has 0 saturated carbocycles. The summed E-state index contributed by atoms with van der Waals surface area (Å²) in [5.74, 6) is -0.816. The number of hydrogen-bond acceptors (Lipinski definition) is 5. The fourth-order valence-corrected chi connectivity index (χ4v) is 4.51. The van der Waals surface area contributed by atoms with Crippen molar-refractivity contribution in [1.82, 2.24) is 9.78 Å². The lowest BCUT2D eigenvalue weighted by atomic mass is 10.1. The number of ketones is 1. The van der Waals surface area contributed by atoms with Gasteiger partial charge in [0, 0.05) is 11.2 Å². The topological polar surface area (TPSA) is 78.3 Å². The van der Waals surface area contributed by atoms with Crippen molar-refractivity contribution in [2.45, 2.75) is 5.75 Å². The molecule has 0 unspecified atom stereocenters. The molecule has 0 saturated heterocycles. The molecule has 9 heteroatoms. The second kappa shape index (κ2) is 9.16. The van der Waals surface area contributed by atoms with Crippen molar-refractivity contribution < 1.29 is 17.4 Å². The quantitative estimate of drug-likeness (QED) is 0.261. The summed E-state index contributed by atoms with van der Waals surface area (Å²) in [6.07, 6.45) is 2.87. The van der Waals surface area contributed by atoms with E-state index in [1.54, 1.807) is 60.7 Å². The fraction of sp³-hybridized carbons (Fsp3) is 0.0435. The van der Waals surface area contributed by atoms with E-state index in [0.29, 0.717) is 21.3 Å². The predicted molar refractivity (Wildman–Crippen MR) is 123 cm³/mol. The molecular formula is C23H16Cl2N2O4S. The molecule has 0 amide bonds. The Hall–Kier alpha value is -3.13. The molecule has 162 valence electrons. The molecule has 32 heavy (non-hydrogen) atoms. The van der Waals surface area contributed by atoms with E-state index in [-0.39, 0.29) is 22.6 Å². The maximum Gasteiger partial charge on any atom is 0.313 e. The van der Waals surface area contributed by atoms with Gasteiger partial charge in [0.25, 0.3) is 0 Å². The number of para-hydroxylation sites is 1. The number of hydrogen-bond donors (Lipinski definition) is 0. The van der Waals surface area contributed by atoms with Gasteiger partial charge >= 0.3 is 10.1 Å². The number of halogens is 2. The lowest BCUT2D eigenvalue weighted by molar-refractivity contribution is 0.103. The number of aromatic nitrogens is 2. The molecular weight excluding hydrogens is 471 g/mol. The van der Waals surface area contributed by atoms with Crippen molar-refractivity contribution in [3.63, 3.8) is 0 Å². The summed E-state index contributed by atoms with van der Waals surface area (Å²) in [5, 5.41) is 5.07. The zero-order chi connectivity index (χ0) is 22.7. The molecule has 0 aliphatic carbocycles. The SMILES string of the molecule is O=C(c1cnn(-c2cc(Cl)ccc2Cl)c1)c1ccccc1OS(=O)(=O)Cc1ccccc1. The molecule has 1 aromatic heterocycles. The van der Waals surface area contributed by atoms with Gasteiger partial charge in [-0.25, -0.2) is 4.68 Å². The van der Waals surface area contributed by atoms with Crippen LogP contribution in [0.3, 0.4) is 0 Å². The first-order chi connectivity index (χ1) is 15.3. The minimum absolute atomic E-state index is 0.0537. The Morgan fingerprint density at radius 3 is 2.47 bits per heavy atom. The monoisotopic (exact) mass is 486 g/mol. The van der Waals surface area contributed by atoms with E-state index < -0.39 is 15.9 Å². The van der Waals surface area contributed by atoms with Gasteiger partial charge in [0.1, 0.15) is 5.75 Å². The summed E-state index contributed by atoms with van der Waals surface area (Å²) >= 11 is 12.2. The van der Waals surface area contributed by atoms with E-state index in [4.69, 9.17) is 27.4 Å². The third-order valence-electron chi connectivity index (χ3n) is 4.53. The Morgan fingerprint density at radius 1 is 0.969 bits per heavy atom. The van der Waals surface area contributed by atoms with Gasteiger partial charge in [-0.2, -0.15) is 13.5 Å². The van der Waals surface area contributed by atoms with Crippen LogP contribution in [0.4, 0.5) is 0 Å². The third kappa shape index (κ3) is 5.02. The summed E-state index contributed by atoms with van der Waals surface area (Å²) in [4.78, 5) is 13.1. The number of rotatable bonds is 7. The van der Waals surface area contributed by atoms with Gasteiger partial charge in [0.05, 0.1) is 28.0 Å². The molecule has 0 spiro atoms. The third-order valence-corrected chi connectivity index (χ3v) is 6.21. The lowest BCUT2D eigenvalue weighted by Gasteiger charge is -2.10. The highest BCUT2D eigenvalue weighted by Crippen LogP contribution is 2.27. The minimum Gasteiger partial charge on any atom is -0.381 e. The second-order valence-corrected chi connectivity index (χ2v) is 9.28. The number of benzene rings is 3. The maximum atomic E-state index is 13.1. The van der Waals surface area contributed by atoms with Crippen LogP contribution in [0.1, 0.15) is 21.5 Å². The highest BCUT2D eigenvalue weighted by molar-refractivity contribution is 7.86. The molecule has 0 fully saturated rings. The largest absolute Gasteiger partial charge is 0.381 e. The average Bonchev–Trinajstić information content (AvgIpc) is 3.25. The first-order valence-electron chi connectivity index (χ1n) is 9.42. The molecule has 0 aliphatic rings. The Bertz CT molecular complexity index is 1390. The zero-order valence-electron chi connectivity index (χ0n) is 16.5. The minimum atomic E-state index is -3.98. The summed E-state index contributed by atoms with van der Waals surface area (Å²) in [6.45, 7) is 0. The van der Waals surface area contributed by atoms with Gasteiger partial charge in [-0.1, -0.05) is 65.7 Å². The highest BCUT2D eigenvalue weighted by atomic mass is 35.5. The van der Waals surface area contributed by atoms with Gasteiger partial charge in [0.2, 0.25) is 0 Å². The molecule has 0 N–H and O–H groups in total. The van der Waals surface area contributed by atoms with Crippen molar-refractivity contribution >= 4 is 39.1 Å². The fourth-order valence-electron chi connectivity index (χ4n) is 3.06.